The standard InChI is InChI=1S/C21H14F3N5O2.2H2/c1-10-17-15(5-6-27-16(17)9-26)29-19(30)18(10)21(23,24)20(31)28-11(2)13-4-3-12(8-25)7-14(13)22;;/h3-7,11H,1-2H3,(H,28,31)(H,29,30);2*1H/t11-;;/m1../s1. The Kier molecular flexibility index (Phi) is 5.50. The van der Waals surface area contributed by atoms with Crippen molar-refractivity contribution >= 4 is 16.8 Å². The van der Waals surface area contributed by atoms with Crippen LogP contribution < -0.4 is 10.9 Å². The molecule has 2 heterocycles. The largest absolute Gasteiger partial charge is 0.355 e. The van der Waals surface area contributed by atoms with Gasteiger partial charge in [-0.05, 0) is 37.6 Å². The molecule has 0 saturated heterocycles. The van der Waals surface area contributed by atoms with Gasteiger partial charge in [0, 0.05) is 20.0 Å². The normalized spacial score (nSPS) is 12.1. The summed E-state index contributed by atoms with van der Waals surface area (Å²) < 4.78 is 44.3. The van der Waals surface area contributed by atoms with E-state index in [0.717, 1.165) is 6.07 Å². The predicted octanol–water partition coefficient (Wildman–Crippen LogP) is 3.58. The Bertz CT molecular complexity index is 1360. The molecule has 0 radical (unpaired) electrons. The van der Waals surface area contributed by atoms with E-state index in [1.165, 1.54) is 38.2 Å². The molecule has 2 N–H and O–H groups in total. The summed E-state index contributed by atoms with van der Waals surface area (Å²) in [7, 11) is 0. The maximum atomic E-state index is 15.1. The first kappa shape index (κ1) is 21.5. The fourth-order valence-corrected chi connectivity index (χ4v) is 3.31. The van der Waals surface area contributed by atoms with Crippen LogP contribution in [0.3, 0.4) is 0 Å². The summed E-state index contributed by atoms with van der Waals surface area (Å²) >= 11 is 0. The number of aryl methyl sites for hydroxylation is 1. The molecular formula is C21H18F3N5O2. The Hall–Kier alpha value is -4.18. The molecule has 0 aliphatic rings. The minimum absolute atomic E-state index is 0. The molecule has 160 valence electrons. The highest BCUT2D eigenvalue weighted by Gasteiger charge is 2.45. The van der Waals surface area contributed by atoms with Crippen LogP contribution in [0.2, 0.25) is 0 Å². The van der Waals surface area contributed by atoms with Gasteiger partial charge in [-0.2, -0.15) is 19.3 Å². The van der Waals surface area contributed by atoms with Crippen LogP contribution >= 0.6 is 0 Å². The van der Waals surface area contributed by atoms with Gasteiger partial charge in [0.05, 0.1) is 28.8 Å². The van der Waals surface area contributed by atoms with Gasteiger partial charge < -0.3 is 10.3 Å². The number of nitrogens with one attached hydrogen (secondary N) is 2. The average Bonchev–Trinajstić information content (AvgIpc) is 2.72. The van der Waals surface area contributed by atoms with Crippen LogP contribution in [-0.2, 0) is 10.7 Å². The number of benzene rings is 1. The van der Waals surface area contributed by atoms with E-state index in [2.05, 4.69) is 9.97 Å². The van der Waals surface area contributed by atoms with Crippen LogP contribution in [0.25, 0.3) is 10.9 Å². The van der Waals surface area contributed by atoms with Gasteiger partial charge in [0.25, 0.3) is 11.5 Å². The number of carbonyl (C=O) groups is 1. The van der Waals surface area contributed by atoms with Gasteiger partial charge in [0.1, 0.15) is 17.6 Å². The monoisotopic (exact) mass is 429 g/mol. The zero-order valence-electron chi connectivity index (χ0n) is 16.3. The molecule has 0 saturated carbocycles. The molecule has 0 bridgehead atoms. The lowest BCUT2D eigenvalue weighted by molar-refractivity contribution is -0.148. The summed E-state index contributed by atoms with van der Waals surface area (Å²) in [5, 5.41) is 20.0. The number of nitrogens with zero attached hydrogens (tertiary/aromatic N) is 3. The number of H-pyrrole nitrogens is 1. The lowest BCUT2D eigenvalue weighted by atomic mass is 9.98. The summed E-state index contributed by atoms with van der Waals surface area (Å²) in [5.74, 6) is -6.95. The van der Waals surface area contributed by atoms with Gasteiger partial charge in [0.2, 0.25) is 0 Å². The Morgan fingerprint density at radius 1 is 1.29 bits per heavy atom. The third kappa shape index (κ3) is 3.71. The highest BCUT2D eigenvalue weighted by molar-refractivity contribution is 5.91. The number of hydrogen-bond donors (Lipinski definition) is 2. The summed E-state index contributed by atoms with van der Waals surface area (Å²) in [6, 6.07) is 7.09. The Labute approximate surface area is 176 Å². The van der Waals surface area contributed by atoms with Gasteiger partial charge in [-0.25, -0.2) is 9.37 Å². The lowest BCUT2D eigenvalue weighted by Crippen LogP contribution is -2.43. The van der Waals surface area contributed by atoms with Crippen molar-refractivity contribution < 1.29 is 20.8 Å². The minimum atomic E-state index is -4.29. The molecule has 31 heavy (non-hydrogen) atoms. The van der Waals surface area contributed by atoms with Crippen molar-refractivity contribution in [3.63, 3.8) is 0 Å². The summed E-state index contributed by atoms with van der Waals surface area (Å²) in [4.78, 5) is 30.8. The number of aromatic nitrogens is 2. The van der Waals surface area contributed by atoms with Gasteiger partial charge in [-0.1, -0.05) is 6.07 Å². The molecule has 0 unspecified atom stereocenters. The van der Waals surface area contributed by atoms with E-state index in [-0.39, 0.29) is 36.1 Å². The number of amides is 1. The van der Waals surface area contributed by atoms with E-state index in [4.69, 9.17) is 5.26 Å². The van der Waals surface area contributed by atoms with E-state index in [0.29, 0.717) is 0 Å². The smallest absolute Gasteiger partial charge is 0.344 e. The van der Waals surface area contributed by atoms with Crippen LogP contribution in [0.1, 0.15) is 43.8 Å². The second-order valence-electron chi connectivity index (χ2n) is 6.77. The van der Waals surface area contributed by atoms with E-state index in [1.807, 2.05) is 5.32 Å². The first-order chi connectivity index (χ1) is 14.6. The third-order valence-electron chi connectivity index (χ3n) is 4.82. The predicted molar refractivity (Wildman–Crippen MR) is 108 cm³/mol. The SMILES string of the molecule is Cc1c(C(F)(F)C(=O)N[C@H](C)c2ccc(C#N)cc2F)c(=O)[nH]c2ccnc(C#N)c12.[HH].[HH]. The van der Waals surface area contributed by atoms with Crippen molar-refractivity contribution in [2.45, 2.75) is 25.8 Å². The first-order valence-corrected chi connectivity index (χ1v) is 8.92. The Morgan fingerprint density at radius 3 is 2.61 bits per heavy atom. The van der Waals surface area contributed by atoms with Gasteiger partial charge in [0.15, 0.2) is 0 Å². The van der Waals surface area contributed by atoms with Crippen LogP contribution in [0.4, 0.5) is 13.2 Å². The second-order valence-corrected chi connectivity index (χ2v) is 6.77. The van der Waals surface area contributed by atoms with E-state index in [1.54, 1.807) is 12.1 Å². The van der Waals surface area contributed by atoms with Gasteiger partial charge in [-0.3, -0.25) is 9.59 Å². The highest BCUT2D eigenvalue weighted by atomic mass is 19.3. The Balaban J connectivity index is 0.00000272. The minimum Gasteiger partial charge on any atom is -0.344 e. The summed E-state index contributed by atoms with van der Waals surface area (Å²) in [5.41, 5.74) is -2.72. The Morgan fingerprint density at radius 2 is 2.00 bits per heavy atom. The van der Waals surface area contributed by atoms with E-state index in [9.17, 15) is 19.2 Å². The number of carbonyl (C=O) groups excluding carboxylic acids is 1. The maximum absolute atomic E-state index is 15.1. The molecule has 1 atom stereocenters. The maximum Gasteiger partial charge on any atom is 0.355 e. The molecule has 1 amide bonds. The fourth-order valence-electron chi connectivity index (χ4n) is 3.31. The number of fused-ring (bicyclic) bond motifs is 1. The quantitative estimate of drug-likeness (QED) is 0.656. The highest BCUT2D eigenvalue weighted by Crippen LogP contribution is 2.32. The molecule has 2 aromatic heterocycles. The summed E-state index contributed by atoms with van der Waals surface area (Å²) in [6.45, 7) is 2.48. The van der Waals surface area contributed by atoms with Crippen molar-refractivity contribution in [3.8, 4) is 12.1 Å². The molecule has 0 aliphatic carbocycles. The fraction of sp³-hybridized carbons (Fsp3) is 0.190. The number of pyridine rings is 2. The van der Waals surface area contributed by atoms with Crippen molar-refractivity contribution in [1.29, 1.82) is 10.5 Å². The molecule has 0 spiro atoms. The van der Waals surface area contributed by atoms with Crippen molar-refractivity contribution in [2.75, 3.05) is 0 Å². The van der Waals surface area contributed by atoms with Crippen LogP contribution in [0, 0.1) is 35.4 Å². The first-order valence-electron chi connectivity index (χ1n) is 8.92. The third-order valence-corrected chi connectivity index (χ3v) is 4.82. The second kappa shape index (κ2) is 7.92. The number of nitriles is 2. The molecule has 3 aromatic rings. The number of rotatable bonds is 4. The molecule has 0 aliphatic heterocycles. The van der Waals surface area contributed by atoms with Crippen LogP contribution in [-0.4, -0.2) is 15.9 Å². The van der Waals surface area contributed by atoms with Crippen LogP contribution in [0.15, 0.2) is 35.3 Å². The average molecular weight is 429 g/mol. The molecular weight excluding hydrogens is 411 g/mol. The van der Waals surface area contributed by atoms with E-state index >= 15 is 8.78 Å². The van der Waals surface area contributed by atoms with Gasteiger partial charge in [-0.15, -0.1) is 0 Å². The van der Waals surface area contributed by atoms with Crippen molar-refractivity contribution in [3.05, 3.63) is 74.6 Å². The number of halogens is 3. The molecule has 10 heteroatoms. The molecule has 7 nitrogen and oxygen atoms in total. The zero-order valence-corrected chi connectivity index (χ0v) is 16.3. The molecule has 0 fully saturated rings. The summed E-state index contributed by atoms with van der Waals surface area (Å²) in [6.07, 6.45) is 1.24. The van der Waals surface area contributed by atoms with Crippen molar-refractivity contribution in [1.82, 2.24) is 15.3 Å². The number of aromatic amines is 1. The number of hydrogen-bond acceptors (Lipinski definition) is 5. The lowest BCUT2D eigenvalue weighted by Gasteiger charge is -2.22. The van der Waals surface area contributed by atoms with Gasteiger partial charge >= 0.3 is 5.92 Å². The topological polar surface area (TPSA) is 122 Å². The number of alkyl halides is 2. The zero-order chi connectivity index (χ0) is 22.9. The van der Waals surface area contributed by atoms with E-state index < -0.39 is 34.8 Å². The molecule has 1 aromatic carbocycles. The molecule has 3 rings (SSSR count). The van der Waals surface area contributed by atoms with Crippen molar-refractivity contribution in [2.24, 2.45) is 0 Å². The van der Waals surface area contributed by atoms with Crippen LogP contribution in [0.5, 0.6) is 0 Å².